The Morgan fingerprint density at radius 2 is 1.12 bits per heavy atom. The summed E-state index contributed by atoms with van der Waals surface area (Å²) >= 11 is 0. The summed E-state index contributed by atoms with van der Waals surface area (Å²) in [5, 5.41) is 3.22. The van der Waals surface area contributed by atoms with Crippen LogP contribution in [0.15, 0.2) is 89.8 Å². The van der Waals surface area contributed by atoms with E-state index in [4.69, 9.17) is 8.98 Å². The lowest BCUT2D eigenvalue weighted by Crippen LogP contribution is -2.10. The summed E-state index contributed by atoms with van der Waals surface area (Å²) in [5.74, 6) is 0.334. The van der Waals surface area contributed by atoms with Crippen molar-refractivity contribution < 1.29 is 17.4 Å². The Labute approximate surface area is 151 Å². The van der Waals surface area contributed by atoms with Crippen molar-refractivity contribution in [2.45, 2.75) is 4.90 Å². The molecule has 0 fully saturated rings. The van der Waals surface area contributed by atoms with Gasteiger partial charge < -0.3 is 8.98 Å². The van der Waals surface area contributed by atoms with E-state index in [2.05, 4.69) is 0 Å². The Balaban J connectivity index is 0.000000948. The van der Waals surface area contributed by atoms with Crippen molar-refractivity contribution in [3.8, 4) is 5.75 Å². The Morgan fingerprint density at radius 3 is 1.81 bits per heavy atom. The van der Waals surface area contributed by atoms with Crippen LogP contribution in [0, 0.1) is 0 Å². The largest absolute Gasteiger partial charge is 0.378 e. The zero-order chi connectivity index (χ0) is 18.6. The van der Waals surface area contributed by atoms with E-state index in [9.17, 15) is 8.42 Å². The molecule has 26 heavy (non-hydrogen) atoms. The number of carbonyl (C=O) groups excluding carboxylic acids is 1. The minimum atomic E-state index is -3.93. The van der Waals surface area contributed by atoms with Crippen LogP contribution in [0.5, 0.6) is 5.75 Å². The van der Waals surface area contributed by atoms with Gasteiger partial charge in [-0.25, -0.2) is 0 Å². The molecule has 0 amide bonds. The molecule has 0 aliphatic heterocycles. The third-order valence-corrected chi connectivity index (χ3v) is 5.26. The Hall–Kier alpha value is -3.18. The summed E-state index contributed by atoms with van der Waals surface area (Å²) in [6, 6.07) is 25.5. The van der Waals surface area contributed by atoms with E-state index in [1.165, 1.54) is 0 Å². The fraction of sp³-hybridized carbons (Fsp3) is 0. The van der Waals surface area contributed by atoms with Crippen molar-refractivity contribution in [2.24, 2.45) is 0 Å². The van der Waals surface area contributed by atoms with Crippen molar-refractivity contribution in [3.05, 3.63) is 84.9 Å². The standard InChI is InChI=1S/C20H14O3S.CH2O/c21-24(22,20-14-6-10-16-8-2-4-12-18(16)20)23-19-13-5-9-15-7-1-3-11-17(15)19;1-2/h1-14H;1H2. The highest BCUT2D eigenvalue weighted by Gasteiger charge is 2.20. The lowest BCUT2D eigenvalue weighted by atomic mass is 10.1. The van der Waals surface area contributed by atoms with E-state index in [1.807, 2.05) is 61.4 Å². The molecule has 130 valence electrons. The molecule has 0 saturated carbocycles. The topological polar surface area (TPSA) is 60.4 Å². The fourth-order valence-corrected chi connectivity index (χ4v) is 4.02. The van der Waals surface area contributed by atoms with Gasteiger partial charge in [-0.1, -0.05) is 72.8 Å². The van der Waals surface area contributed by atoms with Gasteiger partial charge >= 0.3 is 10.1 Å². The van der Waals surface area contributed by atoms with Gasteiger partial charge in [-0.2, -0.15) is 8.42 Å². The summed E-state index contributed by atoms with van der Waals surface area (Å²) in [7, 11) is -3.93. The van der Waals surface area contributed by atoms with Gasteiger partial charge in [0.05, 0.1) is 0 Å². The van der Waals surface area contributed by atoms with Crippen molar-refractivity contribution in [1.82, 2.24) is 0 Å². The molecule has 4 aromatic carbocycles. The molecule has 0 saturated heterocycles. The fourth-order valence-electron chi connectivity index (χ4n) is 2.85. The van der Waals surface area contributed by atoms with Gasteiger partial charge in [-0.15, -0.1) is 0 Å². The number of carbonyl (C=O) groups is 1. The average molecular weight is 364 g/mol. The van der Waals surface area contributed by atoms with E-state index in [-0.39, 0.29) is 4.90 Å². The van der Waals surface area contributed by atoms with Crippen LogP contribution < -0.4 is 4.18 Å². The molecule has 0 spiro atoms. The van der Waals surface area contributed by atoms with E-state index >= 15 is 0 Å². The molecule has 0 aliphatic carbocycles. The zero-order valence-corrected chi connectivity index (χ0v) is 14.6. The highest BCUT2D eigenvalue weighted by molar-refractivity contribution is 7.87. The first-order valence-electron chi connectivity index (χ1n) is 7.84. The highest BCUT2D eigenvalue weighted by Crippen LogP contribution is 2.30. The van der Waals surface area contributed by atoms with Crippen LogP contribution in [0.1, 0.15) is 0 Å². The molecule has 0 heterocycles. The monoisotopic (exact) mass is 364 g/mol. The predicted molar refractivity (Wildman–Crippen MR) is 103 cm³/mol. The Morgan fingerprint density at radius 1 is 0.615 bits per heavy atom. The molecular weight excluding hydrogens is 348 g/mol. The molecule has 5 heteroatoms. The number of hydrogen-bond donors (Lipinski definition) is 0. The van der Waals surface area contributed by atoms with E-state index in [0.717, 1.165) is 16.2 Å². The lowest BCUT2D eigenvalue weighted by Gasteiger charge is -2.11. The third-order valence-electron chi connectivity index (χ3n) is 3.97. The molecule has 0 N–H and O–H groups in total. The highest BCUT2D eigenvalue weighted by atomic mass is 32.2. The summed E-state index contributed by atoms with van der Waals surface area (Å²) in [6.07, 6.45) is 0. The van der Waals surface area contributed by atoms with Gasteiger partial charge in [0.1, 0.15) is 11.7 Å². The first kappa shape index (κ1) is 17.6. The van der Waals surface area contributed by atoms with Crippen LogP contribution in [0.4, 0.5) is 0 Å². The second-order valence-corrected chi connectivity index (χ2v) is 7.01. The van der Waals surface area contributed by atoms with Gasteiger partial charge in [0.2, 0.25) is 0 Å². The normalized spacial score (nSPS) is 10.9. The van der Waals surface area contributed by atoms with E-state index in [0.29, 0.717) is 11.1 Å². The second-order valence-electron chi connectivity index (χ2n) is 5.49. The van der Waals surface area contributed by atoms with Gasteiger partial charge in [-0.3, -0.25) is 0 Å². The number of benzene rings is 4. The minimum Gasteiger partial charge on any atom is -0.378 e. The van der Waals surface area contributed by atoms with Crippen LogP contribution in [0.2, 0.25) is 0 Å². The summed E-state index contributed by atoms with van der Waals surface area (Å²) in [4.78, 5) is 8.17. The van der Waals surface area contributed by atoms with Crippen LogP contribution in [0.25, 0.3) is 21.5 Å². The van der Waals surface area contributed by atoms with Gasteiger partial charge in [0.25, 0.3) is 0 Å². The molecule has 4 rings (SSSR count). The van der Waals surface area contributed by atoms with Crippen molar-refractivity contribution in [1.29, 1.82) is 0 Å². The number of fused-ring (bicyclic) bond motifs is 2. The van der Waals surface area contributed by atoms with Crippen molar-refractivity contribution >= 4 is 38.5 Å². The van der Waals surface area contributed by atoms with Crippen LogP contribution in [-0.2, 0) is 14.9 Å². The molecule has 0 radical (unpaired) electrons. The number of hydrogen-bond acceptors (Lipinski definition) is 4. The van der Waals surface area contributed by atoms with Crippen LogP contribution >= 0.6 is 0 Å². The SMILES string of the molecule is C=O.O=S(=O)(Oc1cccc2ccccc12)c1cccc2ccccc12. The van der Waals surface area contributed by atoms with Gasteiger partial charge in [0, 0.05) is 10.8 Å². The van der Waals surface area contributed by atoms with Crippen molar-refractivity contribution in [3.63, 3.8) is 0 Å². The molecule has 0 atom stereocenters. The molecule has 0 aromatic heterocycles. The minimum absolute atomic E-state index is 0.175. The molecule has 4 nitrogen and oxygen atoms in total. The molecular formula is C21H16O4S. The smallest absolute Gasteiger partial charge is 0.339 e. The second kappa shape index (κ2) is 7.37. The number of rotatable bonds is 3. The van der Waals surface area contributed by atoms with E-state index in [1.54, 1.807) is 30.3 Å². The predicted octanol–water partition coefficient (Wildman–Crippen LogP) is 4.58. The van der Waals surface area contributed by atoms with Gasteiger partial charge in [0.15, 0.2) is 5.75 Å². The summed E-state index contributed by atoms with van der Waals surface area (Å²) in [5.41, 5.74) is 0. The quantitative estimate of drug-likeness (QED) is 0.499. The van der Waals surface area contributed by atoms with Gasteiger partial charge in [-0.05, 0) is 22.9 Å². The maximum Gasteiger partial charge on any atom is 0.339 e. The van der Waals surface area contributed by atoms with Crippen molar-refractivity contribution in [2.75, 3.05) is 0 Å². The zero-order valence-electron chi connectivity index (χ0n) is 13.8. The summed E-state index contributed by atoms with van der Waals surface area (Å²) < 4.78 is 31.2. The first-order chi connectivity index (χ1) is 12.6. The van der Waals surface area contributed by atoms with E-state index < -0.39 is 10.1 Å². The molecule has 0 aliphatic rings. The summed E-state index contributed by atoms with van der Waals surface area (Å²) in [6.45, 7) is 2.00. The third kappa shape index (κ3) is 3.30. The molecule has 4 aromatic rings. The molecule has 0 unspecified atom stereocenters. The molecule has 0 bridgehead atoms. The maximum atomic E-state index is 12.8. The first-order valence-corrected chi connectivity index (χ1v) is 9.25. The Kier molecular flexibility index (Phi) is 5.00. The van der Waals surface area contributed by atoms with Crippen LogP contribution in [0.3, 0.4) is 0 Å². The lowest BCUT2D eigenvalue weighted by molar-refractivity contribution is -0.0979. The van der Waals surface area contributed by atoms with Crippen LogP contribution in [-0.4, -0.2) is 15.2 Å². The average Bonchev–Trinajstić information content (AvgIpc) is 2.69. The maximum absolute atomic E-state index is 12.8. The Bertz CT molecular complexity index is 1160.